The second-order valence-electron chi connectivity index (χ2n) is 4.52. The van der Waals surface area contributed by atoms with E-state index in [9.17, 15) is 0 Å². The summed E-state index contributed by atoms with van der Waals surface area (Å²) >= 11 is 0. The van der Waals surface area contributed by atoms with E-state index in [2.05, 4.69) is 46.4 Å². The monoisotopic (exact) mass is 237 g/mol. The maximum absolute atomic E-state index is 5.76. The molecule has 0 radical (unpaired) electrons. The van der Waals surface area contributed by atoms with Gasteiger partial charge in [-0.05, 0) is 24.1 Å². The number of aromatic amines is 1. The van der Waals surface area contributed by atoms with Gasteiger partial charge in [-0.3, -0.25) is 0 Å². The number of hydrogen-bond acceptors (Lipinski definition) is 2. The first-order chi connectivity index (χ1) is 8.81. The zero-order chi connectivity index (χ0) is 12.4. The molecule has 1 atom stereocenters. The molecule has 1 heterocycles. The fourth-order valence-corrected chi connectivity index (χ4v) is 2.44. The van der Waals surface area contributed by atoms with E-state index in [0.717, 1.165) is 17.9 Å². The van der Waals surface area contributed by atoms with Gasteiger partial charge in [-0.2, -0.15) is 0 Å². The van der Waals surface area contributed by atoms with Crippen LogP contribution in [0.15, 0.2) is 61.0 Å². The number of imidazole rings is 1. The van der Waals surface area contributed by atoms with Gasteiger partial charge in [-0.15, -0.1) is 0 Å². The largest absolute Gasteiger partial charge is 0.399 e. The highest BCUT2D eigenvalue weighted by Crippen LogP contribution is 2.37. The zero-order valence-electron chi connectivity index (χ0n) is 10.0. The first-order valence-corrected chi connectivity index (χ1v) is 6.01. The number of H-pyrrole nitrogens is 1. The van der Waals surface area contributed by atoms with Crippen molar-refractivity contribution in [3.8, 4) is 0 Å². The molecule has 0 bridgehead atoms. The standard InChI is InChI=1S/C15H15N3/c16-13-6-4-12(5-7-13)15(8-2-1-3-9-15)14-17-10-11-18-14/h1-8,10-11H,9,16H2,(H,17,18). The molecule has 1 aromatic heterocycles. The van der Waals surface area contributed by atoms with Crippen LogP contribution in [0.2, 0.25) is 0 Å². The predicted molar refractivity (Wildman–Crippen MR) is 73.1 cm³/mol. The third-order valence-corrected chi connectivity index (χ3v) is 3.41. The molecular formula is C15H15N3. The lowest BCUT2D eigenvalue weighted by Crippen LogP contribution is -2.27. The van der Waals surface area contributed by atoms with Gasteiger partial charge in [0.2, 0.25) is 0 Å². The molecular weight excluding hydrogens is 222 g/mol. The highest BCUT2D eigenvalue weighted by Gasteiger charge is 2.33. The summed E-state index contributed by atoms with van der Waals surface area (Å²) in [5.74, 6) is 0.966. The summed E-state index contributed by atoms with van der Waals surface area (Å²) in [5.41, 5.74) is 7.54. The summed E-state index contributed by atoms with van der Waals surface area (Å²) in [6.07, 6.45) is 13.1. The van der Waals surface area contributed by atoms with Crippen molar-refractivity contribution in [1.82, 2.24) is 9.97 Å². The SMILES string of the molecule is Nc1ccc(C2(c3ncc[nH]3)C=CC=CC2)cc1. The van der Waals surface area contributed by atoms with Crippen molar-refractivity contribution in [1.29, 1.82) is 0 Å². The average molecular weight is 237 g/mol. The Kier molecular flexibility index (Phi) is 2.52. The highest BCUT2D eigenvalue weighted by molar-refractivity contribution is 5.48. The van der Waals surface area contributed by atoms with Crippen molar-refractivity contribution < 1.29 is 0 Å². The molecule has 90 valence electrons. The normalized spacial score (nSPS) is 22.2. The second kappa shape index (κ2) is 4.18. The van der Waals surface area contributed by atoms with E-state index < -0.39 is 0 Å². The Labute approximate surface area is 106 Å². The minimum Gasteiger partial charge on any atom is -0.399 e. The van der Waals surface area contributed by atoms with Crippen LogP contribution in [0.1, 0.15) is 17.8 Å². The number of nitrogens with one attached hydrogen (secondary N) is 1. The van der Waals surface area contributed by atoms with E-state index in [1.54, 1.807) is 6.20 Å². The molecule has 1 aliphatic rings. The molecule has 3 rings (SSSR count). The number of nitrogens with zero attached hydrogens (tertiary/aromatic N) is 1. The molecule has 3 N–H and O–H groups in total. The molecule has 0 amide bonds. The van der Waals surface area contributed by atoms with Crippen molar-refractivity contribution >= 4 is 5.69 Å². The number of aromatic nitrogens is 2. The van der Waals surface area contributed by atoms with Gasteiger partial charge in [0.25, 0.3) is 0 Å². The summed E-state index contributed by atoms with van der Waals surface area (Å²) in [6, 6.07) is 8.01. The van der Waals surface area contributed by atoms with Crippen LogP contribution in [0.25, 0.3) is 0 Å². The minimum atomic E-state index is -0.202. The van der Waals surface area contributed by atoms with Crippen LogP contribution >= 0.6 is 0 Å². The average Bonchev–Trinajstić information content (AvgIpc) is 2.95. The molecule has 0 saturated carbocycles. The second-order valence-corrected chi connectivity index (χ2v) is 4.52. The number of hydrogen-bond donors (Lipinski definition) is 2. The lowest BCUT2D eigenvalue weighted by Gasteiger charge is -2.30. The minimum absolute atomic E-state index is 0.202. The lowest BCUT2D eigenvalue weighted by atomic mass is 9.75. The first-order valence-electron chi connectivity index (χ1n) is 6.01. The van der Waals surface area contributed by atoms with Crippen LogP contribution in [-0.2, 0) is 5.41 Å². The van der Waals surface area contributed by atoms with Crippen LogP contribution in [0.4, 0.5) is 5.69 Å². The molecule has 1 aromatic carbocycles. The van der Waals surface area contributed by atoms with E-state index in [-0.39, 0.29) is 5.41 Å². The van der Waals surface area contributed by atoms with E-state index in [4.69, 9.17) is 5.73 Å². The highest BCUT2D eigenvalue weighted by atomic mass is 14.9. The lowest BCUT2D eigenvalue weighted by molar-refractivity contribution is 0.607. The Morgan fingerprint density at radius 3 is 2.61 bits per heavy atom. The van der Waals surface area contributed by atoms with Gasteiger partial charge in [-0.1, -0.05) is 36.4 Å². The van der Waals surface area contributed by atoms with Gasteiger partial charge < -0.3 is 10.7 Å². The van der Waals surface area contributed by atoms with Crippen LogP contribution in [0.5, 0.6) is 0 Å². The van der Waals surface area contributed by atoms with E-state index in [0.29, 0.717) is 0 Å². The number of benzene rings is 1. The van der Waals surface area contributed by atoms with Crippen molar-refractivity contribution in [3.63, 3.8) is 0 Å². The smallest absolute Gasteiger partial charge is 0.120 e. The quantitative estimate of drug-likeness (QED) is 0.789. The molecule has 2 aromatic rings. The molecule has 18 heavy (non-hydrogen) atoms. The molecule has 1 unspecified atom stereocenters. The van der Waals surface area contributed by atoms with Crippen molar-refractivity contribution in [2.75, 3.05) is 5.73 Å². The summed E-state index contributed by atoms with van der Waals surface area (Å²) in [5, 5.41) is 0. The Morgan fingerprint density at radius 2 is 2.00 bits per heavy atom. The number of rotatable bonds is 2. The third-order valence-electron chi connectivity index (χ3n) is 3.41. The summed E-state index contributed by atoms with van der Waals surface area (Å²) in [4.78, 5) is 7.67. The first kappa shape index (κ1) is 10.8. The number of nitrogens with two attached hydrogens (primary N) is 1. The van der Waals surface area contributed by atoms with Gasteiger partial charge in [0.1, 0.15) is 5.82 Å². The Hall–Kier alpha value is -2.29. The molecule has 0 fully saturated rings. The number of nitrogen functional groups attached to an aromatic ring is 1. The summed E-state index contributed by atoms with van der Waals surface area (Å²) in [7, 11) is 0. The van der Waals surface area contributed by atoms with Crippen LogP contribution in [0, 0.1) is 0 Å². The van der Waals surface area contributed by atoms with E-state index >= 15 is 0 Å². The molecule has 0 saturated heterocycles. The van der Waals surface area contributed by atoms with Gasteiger partial charge in [0.15, 0.2) is 0 Å². The fraction of sp³-hybridized carbons (Fsp3) is 0.133. The molecule has 0 spiro atoms. The van der Waals surface area contributed by atoms with Crippen LogP contribution in [0.3, 0.4) is 0 Å². The predicted octanol–water partition coefficient (Wildman–Crippen LogP) is 2.79. The molecule has 3 nitrogen and oxygen atoms in total. The van der Waals surface area contributed by atoms with Crippen molar-refractivity contribution in [2.45, 2.75) is 11.8 Å². The summed E-state index contributed by atoms with van der Waals surface area (Å²) in [6.45, 7) is 0. The van der Waals surface area contributed by atoms with Crippen LogP contribution < -0.4 is 5.73 Å². The zero-order valence-corrected chi connectivity index (χ0v) is 10.0. The maximum Gasteiger partial charge on any atom is 0.120 e. The molecule has 1 aliphatic carbocycles. The topological polar surface area (TPSA) is 54.7 Å². The third kappa shape index (κ3) is 1.64. The van der Waals surface area contributed by atoms with E-state index in [1.165, 1.54) is 5.56 Å². The fourth-order valence-electron chi connectivity index (χ4n) is 2.44. The van der Waals surface area contributed by atoms with Crippen molar-refractivity contribution in [2.24, 2.45) is 0 Å². The van der Waals surface area contributed by atoms with Gasteiger partial charge in [-0.25, -0.2) is 4.98 Å². The molecule has 0 aliphatic heterocycles. The Morgan fingerprint density at radius 1 is 1.17 bits per heavy atom. The number of anilines is 1. The van der Waals surface area contributed by atoms with Crippen LogP contribution in [-0.4, -0.2) is 9.97 Å². The van der Waals surface area contributed by atoms with Gasteiger partial charge in [0.05, 0.1) is 5.41 Å². The van der Waals surface area contributed by atoms with Crippen molar-refractivity contribution in [3.05, 3.63) is 72.4 Å². The van der Waals surface area contributed by atoms with Gasteiger partial charge >= 0.3 is 0 Å². The Bertz CT molecular complexity index is 579. The van der Waals surface area contributed by atoms with E-state index in [1.807, 2.05) is 18.3 Å². The Balaban J connectivity index is 2.14. The molecule has 3 heteroatoms. The summed E-state index contributed by atoms with van der Waals surface area (Å²) < 4.78 is 0. The maximum atomic E-state index is 5.76. The number of allylic oxidation sites excluding steroid dienone is 4. The van der Waals surface area contributed by atoms with Gasteiger partial charge in [0, 0.05) is 18.1 Å².